The molecule has 4 rings (SSSR count). The highest BCUT2D eigenvalue weighted by atomic mass is 16.2. The van der Waals surface area contributed by atoms with Gasteiger partial charge in [0, 0.05) is 24.9 Å². The van der Waals surface area contributed by atoms with Crippen LogP contribution in [0.2, 0.25) is 0 Å². The van der Waals surface area contributed by atoms with Gasteiger partial charge in [0.05, 0.1) is 23.6 Å². The molecule has 140 valence electrons. The Kier molecular flexibility index (Phi) is 4.97. The number of hydrogen-bond donors (Lipinski definition) is 2. The lowest BCUT2D eigenvalue weighted by molar-refractivity contribution is -0.118. The van der Waals surface area contributed by atoms with E-state index in [1.165, 1.54) is 0 Å². The molecule has 1 aliphatic rings. The molecule has 0 unspecified atom stereocenters. The van der Waals surface area contributed by atoms with Gasteiger partial charge in [0.25, 0.3) is 0 Å². The van der Waals surface area contributed by atoms with Crippen LogP contribution in [0.1, 0.15) is 17.7 Å². The summed E-state index contributed by atoms with van der Waals surface area (Å²) < 4.78 is 0. The number of amides is 3. The number of carbonyl (C=O) groups excluding carboxylic acids is 2. The average Bonchev–Trinajstić information content (AvgIpc) is 2.73. The fourth-order valence-corrected chi connectivity index (χ4v) is 3.17. The van der Waals surface area contributed by atoms with E-state index in [0.29, 0.717) is 24.5 Å². The Morgan fingerprint density at radius 3 is 2.71 bits per heavy atom. The van der Waals surface area contributed by atoms with Crippen LogP contribution < -0.4 is 15.5 Å². The van der Waals surface area contributed by atoms with Gasteiger partial charge >= 0.3 is 6.03 Å². The number of benzene rings is 1. The number of nitrogens with zero attached hydrogens (tertiary/aromatic N) is 3. The van der Waals surface area contributed by atoms with E-state index in [4.69, 9.17) is 0 Å². The zero-order valence-electron chi connectivity index (χ0n) is 15.1. The molecule has 28 heavy (non-hydrogen) atoms. The first-order chi connectivity index (χ1) is 13.7. The van der Waals surface area contributed by atoms with Crippen molar-refractivity contribution < 1.29 is 9.59 Å². The number of nitrogens with one attached hydrogen (secondary N) is 2. The van der Waals surface area contributed by atoms with Crippen LogP contribution in [0.25, 0.3) is 0 Å². The second-order valence-corrected chi connectivity index (χ2v) is 6.39. The van der Waals surface area contributed by atoms with Crippen LogP contribution in [0.4, 0.5) is 22.0 Å². The van der Waals surface area contributed by atoms with Gasteiger partial charge in [-0.25, -0.2) is 9.78 Å². The van der Waals surface area contributed by atoms with Crippen molar-refractivity contribution >= 4 is 29.1 Å². The van der Waals surface area contributed by atoms with Gasteiger partial charge in [-0.05, 0) is 36.2 Å². The Balaban J connectivity index is 1.49. The molecule has 0 radical (unpaired) electrons. The first-order valence-corrected chi connectivity index (χ1v) is 9.02. The normalized spacial score (nSPS) is 13.0. The van der Waals surface area contributed by atoms with Crippen LogP contribution >= 0.6 is 0 Å². The lowest BCUT2D eigenvalue weighted by Crippen LogP contribution is -2.31. The second-order valence-electron chi connectivity index (χ2n) is 6.39. The van der Waals surface area contributed by atoms with Crippen LogP contribution in [0, 0.1) is 0 Å². The Labute approximate surface area is 162 Å². The van der Waals surface area contributed by atoms with E-state index >= 15 is 0 Å². The summed E-state index contributed by atoms with van der Waals surface area (Å²) in [5.74, 6) is 0.391. The topological polar surface area (TPSA) is 87.2 Å². The van der Waals surface area contributed by atoms with Crippen molar-refractivity contribution in [1.82, 2.24) is 15.3 Å². The summed E-state index contributed by atoms with van der Waals surface area (Å²) in [5.41, 5.74) is 3.43. The smallest absolute Gasteiger partial charge is 0.320 e. The van der Waals surface area contributed by atoms with Crippen molar-refractivity contribution in [3.8, 4) is 0 Å². The number of hydrogen-bond acceptors (Lipinski definition) is 4. The number of rotatable bonds is 4. The maximum atomic E-state index is 12.5. The maximum Gasteiger partial charge on any atom is 0.320 e. The zero-order chi connectivity index (χ0) is 19.3. The minimum atomic E-state index is -0.388. The first-order valence-electron chi connectivity index (χ1n) is 9.02. The lowest BCUT2D eigenvalue weighted by atomic mass is 10.0. The SMILES string of the molecule is O=C(NCc1ccccn1)Nc1cc(N2C(=O)CCc3ccccc32)ccn1. The van der Waals surface area contributed by atoms with Crippen molar-refractivity contribution in [2.24, 2.45) is 0 Å². The summed E-state index contributed by atoms with van der Waals surface area (Å²) in [7, 11) is 0. The van der Waals surface area contributed by atoms with E-state index in [1.807, 2.05) is 42.5 Å². The van der Waals surface area contributed by atoms with Gasteiger partial charge in [0.15, 0.2) is 0 Å². The Bertz CT molecular complexity index is 1010. The summed E-state index contributed by atoms with van der Waals surface area (Å²) in [6, 6.07) is 16.4. The van der Waals surface area contributed by atoms with E-state index in [0.717, 1.165) is 23.4 Å². The van der Waals surface area contributed by atoms with Gasteiger partial charge in [-0.3, -0.25) is 20.0 Å². The quantitative estimate of drug-likeness (QED) is 0.734. The highest BCUT2D eigenvalue weighted by Gasteiger charge is 2.25. The molecule has 7 heteroatoms. The van der Waals surface area contributed by atoms with Gasteiger partial charge in [0.1, 0.15) is 5.82 Å². The van der Waals surface area contributed by atoms with Crippen molar-refractivity contribution in [3.63, 3.8) is 0 Å². The highest BCUT2D eigenvalue weighted by Crippen LogP contribution is 2.34. The maximum absolute atomic E-state index is 12.5. The minimum Gasteiger partial charge on any atom is -0.332 e. The summed E-state index contributed by atoms with van der Waals surface area (Å²) in [6.45, 7) is 0.310. The molecule has 3 heterocycles. The Morgan fingerprint density at radius 2 is 1.86 bits per heavy atom. The largest absolute Gasteiger partial charge is 0.332 e. The van der Waals surface area contributed by atoms with Crippen LogP contribution in [-0.4, -0.2) is 21.9 Å². The fourth-order valence-electron chi connectivity index (χ4n) is 3.17. The van der Waals surface area contributed by atoms with Crippen LogP contribution in [0.15, 0.2) is 67.0 Å². The number of fused-ring (bicyclic) bond motifs is 1. The number of aryl methyl sites for hydroxylation is 1. The number of urea groups is 1. The Morgan fingerprint density at radius 1 is 1.00 bits per heavy atom. The van der Waals surface area contributed by atoms with Crippen molar-refractivity contribution in [2.45, 2.75) is 19.4 Å². The number of aromatic nitrogens is 2. The Hall–Kier alpha value is -3.74. The molecule has 3 aromatic rings. The summed E-state index contributed by atoms with van der Waals surface area (Å²) >= 11 is 0. The van der Waals surface area contributed by atoms with E-state index in [2.05, 4.69) is 20.6 Å². The van der Waals surface area contributed by atoms with Gasteiger partial charge in [-0.15, -0.1) is 0 Å². The monoisotopic (exact) mass is 373 g/mol. The molecule has 0 spiro atoms. The van der Waals surface area contributed by atoms with E-state index in [1.54, 1.807) is 29.4 Å². The highest BCUT2D eigenvalue weighted by molar-refractivity contribution is 6.03. The third-order valence-corrected chi connectivity index (χ3v) is 4.49. The minimum absolute atomic E-state index is 0.0236. The van der Waals surface area contributed by atoms with Crippen molar-refractivity contribution in [3.05, 3.63) is 78.2 Å². The van der Waals surface area contributed by atoms with Crippen molar-refractivity contribution in [2.75, 3.05) is 10.2 Å². The van der Waals surface area contributed by atoms with Crippen LogP contribution in [0.5, 0.6) is 0 Å². The molecule has 1 aliphatic heterocycles. The molecule has 2 N–H and O–H groups in total. The molecule has 0 saturated carbocycles. The van der Waals surface area contributed by atoms with E-state index in [-0.39, 0.29) is 11.9 Å². The lowest BCUT2D eigenvalue weighted by Gasteiger charge is -2.29. The zero-order valence-corrected chi connectivity index (χ0v) is 15.1. The molecule has 2 aromatic heterocycles. The predicted molar refractivity (Wildman–Crippen MR) is 106 cm³/mol. The number of pyridine rings is 2. The van der Waals surface area contributed by atoms with Gasteiger partial charge in [-0.1, -0.05) is 24.3 Å². The molecule has 1 aromatic carbocycles. The third-order valence-electron chi connectivity index (χ3n) is 4.49. The summed E-state index contributed by atoms with van der Waals surface area (Å²) in [4.78, 5) is 34.7. The van der Waals surface area contributed by atoms with Crippen LogP contribution in [0.3, 0.4) is 0 Å². The van der Waals surface area contributed by atoms with Gasteiger partial charge in [0.2, 0.25) is 5.91 Å². The first kappa shape index (κ1) is 17.7. The van der Waals surface area contributed by atoms with Gasteiger partial charge < -0.3 is 5.32 Å². The van der Waals surface area contributed by atoms with Gasteiger partial charge in [-0.2, -0.15) is 0 Å². The third kappa shape index (κ3) is 3.83. The molecule has 0 bridgehead atoms. The number of para-hydroxylation sites is 1. The van der Waals surface area contributed by atoms with Crippen molar-refractivity contribution in [1.29, 1.82) is 0 Å². The second kappa shape index (κ2) is 7.87. The summed E-state index contributed by atoms with van der Waals surface area (Å²) in [5, 5.41) is 5.44. The molecular weight excluding hydrogens is 354 g/mol. The summed E-state index contributed by atoms with van der Waals surface area (Å²) in [6.07, 6.45) is 4.44. The molecular formula is C21H19N5O2. The average molecular weight is 373 g/mol. The molecule has 0 atom stereocenters. The predicted octanol–water partition coefficient (Wildman–Crippen LogP) is 3.41. The van der Waals surface area contributed by atoms with E-state index in [9.17, 15) is 9.59 Å². The molecule has 7 nitrogen and oxygen atoms in total. The van der Waals surface area contributed by atoms with Crippen LogP contribution in [-0.2, 0) is 17.8 Å². The molecule has 0 fully saturated rings. The molecule has 0 aliphatic carbocycles. The number of carbonyl (C=O) groups is 2. The standard InChI is InChI=1S/C21H19N5O2/c27-20-9-8-15-5-1-2-7-18(15)26(20)17-10-12-23-19(13-17)25-21(28)24-14-16-6-3-4-11-22-16/h1-7,10-13H,8-9,14H2,(H2,23,24,25,28). The number of anilines is 3. The fraction of sp³-hybridized carbons (Fsp3) is 0.143. The molecule has 0 saturated heterocycles. The molecule has 3 amide bonds. The van der Waals surface area contributed by atoms with E-state index < -0.39 is 0 Å².